The Labute approximate surface area is 163 Å². The summed E-state index contributed by atoms with van der Waals surface area (Å²) < 4.78 is 23.8. The second-order valence-corrected chi connectivity index (χ2v) is 6.06. The number of methoxy groups -OCH3 is 4. The maximum Gasteiger partial charge on any atom is 0.360 e. The van der Waals surface area contributed by atoms with Crippen molar-refractivity contribution in [3.8, 4) is 0 Å². The van der Waals surface area contributed by atoms with Crippen LogP contribution in [0.2, 0.25) is 0 Å². The van der Waals surface area contributed by atoms with Gasteiger partial charge in [0.25, 0.3) is 0 Å². The summed E-state index contributed by atoms with van der Waals surface area (Å²) in [6, 6.07) is -1.07. The van der Waals surface area contributed by atoms with Gasteiger partial charge in [0, 0.05) is 5.56 Å². The van der Waals surface area contributed by atoms with Gasteiger partial charge in [0.2, 0.25) is 0 Å². The Morgan fingerprint density at radius 3 is 2.07 bits per heavy atom. The van der Waals surface area contributed by atoms with Crippen molar-refractivity contribution in [2.75, 3.05) is 28.4 Å². The van der Waals surface area contributed by atoms with Crippen molar-refractivity contribution in [1.82, 2.24) is 10.4 Å². The average molecular weight is 414 g/mol. The van der Waals surface area contributed by atoms with E-state index in [0.29, 0.717) is 0 Å². The fourth-order valence-electron chi connectivity index (χ4n) is 3.45. The number of esters is 4. The largest absolute Gasteiger partial charge is 0.469 e. The summed E-state index contributed by atoms with van der Waals surface area (Å²) in [6.07, 6.45) is -1.63. The second-order valence-electron chi connectivity index (χ2n) is 6.06. The highest BCUT2D eigenvalue weighted by molar-refractivity contribution is 5.90. The molecule has 2 saturated heterocycles. The van der Waals surface area contributed by atoms with Gasteiger partial charge < -0.3 is 23.5 Å². The van der Waals surface area contributed by atoms with E-state index in [-0.39, 0.29) is 11.3 Å². The number of hydrogen-bond donors (Lipinski definition) is 0. The van der Waals surface area contributed by atoms with Gasteiger partial charge in [0.05, 0.1) is 40.4 Å². The van der Waals surface area contributed by atoms with Crippen molar-refractivity contribution < 1.29 is 52.3 Å². The first-order valence-electron chi connectivity index (χ1n) is 8.28. The summed E-state index contributed by atoms with van der Waals surface area (Å²) in [5.41, 5.74) is -0.134. The van der Waals surface area contributed by atoms with Crippen molar-refractivity contribution >= 4 is 23.9 Å². The van der Waals surface area contributed by atoms with Crippen molar-refractivity contribution in [1.29, 1.82) is 0 Å². The molecule has 13 nitrogen and oxygen atoms in total. The third-order valence-corrected chi connectivity index (χ3v) is 4.74. The third kappa shape index (κ3) is 3.32. The van der Waals surface area contributed by atoms with Crippen LogP contribution in [-0.4, -0.2) is 80.9 Å². The molecule has 0 spiro atoms. The lowest BCUT2D eigenvalue weighted by atomic mass is 9.79. The maximum absolute atomic E-state index is 12.5. The van der Waals surface area contributed by atoms with Crippen molar-refractivity contribution in [3.05, 3.63) is 17.5 Å². The Morgan fingerprint density at radius 1 is 0.897 bits per heavy atom. The minimum absolute atomic E-state index is 0.0998. The van der Waals surface area contributed by atoms with Gasteiger partial charge in [-0.2, -0.15) is 0 Å². The molecule has 29 heavy (non-hydrogen) atoms. The molecule has 0 bridgehead atoms. The summed E-state index contributed by atoms with van der Waals surface area (Å²) in [4.78, 5) is 59.9. The van der Waals surface area contributed by atoms with E-state index in [0.717, 1.165) is 39.9 Å². The molecule has 1 aromatic heterocycles. The number of fused-ring (bicyclic) bond motifs is 1. The molecule has 2 aliphatic heterocycles. The van der Waals surface area contributed by atoms with Crippen LogP contribution in [0.4, 0.5) is 0 Å². The molecule has 0 unspecified atom stereocenters. The topological polar surface area (TPSA) is 153 Å². The molecule has 1 aromatic rings. The number of hydrogen-bond acceptors (Lipinski definition) is 13. The Bertz CT molecular complexity index is 822. The Morgan fingerprint density at radius 2 is 1.48 bits per heavy atom. The lowest BCUT2D eigenvalue weighted by molar-refractivity contribution is -0.350. The van der Waals surface area contributed by atoms with E-state index in [1.165, 1.54) is 0 Å². The smallest absolute Gasteiger partial charge is 0.360 e. The average Bonchev–Trinajstić information content (AvgIpc) is 3.44. The molecule has 2 aliphatic rings. The number of aromatic nitrogens is 1. The molecule has 3 heterocycles. The van der Waals surface area contributed by atoms with Crippen LogP contribution in [-0.2, 0) is 43.0 Å². The van der Waals surface area contributed by atoms with E-state index >= 15 is 0 Å². The molecule has 0 N–H and O–H groups in total. The predicted octanol–water partition coefficient (Wildman–Crippen LogP) is -1.02. The standard InChI is InChI=1S/C16H18N2O11/c1-23-13(19)8-10-7(6-5-27-17-9(6)14(20)24-2)11(15(21)25-3)28-18(10)29-12(8)16(22)26-4/h5,7-8,10-12H,1-4H3/t7-,8-,10-,11-,12+/m0/s1. The molecule has 0 saturated carbocycles. The number of ether oxygens (including phenoxy) is 4. The van der Waals surface area contributed by atoms with Crippen molar-refractivity contribution in [2.24, 2.45) is 5.92 Å². The molecule has 3 rings (SSSR count). The number of hydroxylamine groups is 2. The molecule has 13 heteroatoms. The highest BCUT2D eigenvalue weighted by Crippen LogP contribution is 2.47. The van der Waals surface area contributed by atoms with Gasteiger partial charge in [-0.3, -0.25) is 14.5 Å². The molecular weight excluding hydrogens is 396 g/mol. The zero-order valence-corrected chi connectivity index (χ0v) is 15.8. The monoisotopic (exact) mass is 414 g/mol. The van der Waals surface area contributed by atoms with Gasteiger partial charge in [0.15, 0.2) is 17.9 Å². The Hall–Kier alpha value is -3.03. The van der Waals surface area contributed by atoms with Crippen LogP contribution in [0.15, 0.2) is 10.8 Å². The molecular formula is C16H18N2O11. The highest BCUT2D eigenvalue weighted by Gasteiger charge is 2.64. The Balaban J connectivity index is 2.10. The predicted molar refractivity (Wildman–Crippen MR) is 85.5 cm³/mol. The summed E-state index contributed by atoms with van der Waals surface area (Å²) in [5, 5.41) is 4.44. The molecule has 5 atom stereocenters. The van der Waals surface area contributed by atoms with E-state index < -0.39 is 54.0 Å². The summed E-state index contributed by atoms with van der Waals surface area (Å²) in [7, 11) is 4.52. The summed E-state index contributed by atoms with van der Waals surface area (Å²) in [5.74, 6) is -5.64. The normalized spacial score (nSPS) is 28.5. The van der Waals surface area contributed by atoms with Gasteiger partial charge in [-0.15, -0.1) is 0 Å². The first-order valence-corrected chi connectivity index (χ1v) is 8.28. The second kappa shape index (κ2) is 8.14. The molecule has 158 valence electrons. The van der Waals surface area contributed by atoms with Crippen molar-refractivity contribution in [3.63, 3.8) is 0 Å². The minimum Gasteiger partial charge on any atom is -0.469 e. The van der Waals surface area contributed by atoms with Crippen LogP contribution in [0.3, 0.4) is 0 Å². The zero-order valence-electron chi connectivity index (χ0n) is 15.8. The van der Waals surface area contributed by atoms with Crippen LogP contribution in [0, 0.1) is 5.92 Å². The number of carbonyl (C=O) groups excluding carboxylic acids is 4. The van der Waals surface area contributed by atoms with Crippen LogP contribution in [0.5, 0.6) is 0 Å². The molecule has 0 aromatic carbocycles. The van der Waals surface area contributed by atoms with Gasteiger partial charge in [-0.05, 0) is 0 Å². The maximum atomic E-state index is 12.5. The first-order chi connectivity index (χ1) is 13.9. The lowest BCUT2D eigenvalue weighted by Gasteiger charge is -2.23. The number of rotatable bonds is 5. The highest BCUT2D eigenvalue weighted by atomic mass is 17.0. The first kappa shape index (κ1) is 20.7. The van der Waals surface area contributed by atoms with Crippen LogP contribution in [0.25, 0.3) is 0 Å². The fourth-order valence-corrected chi connectivity index (χ4v) is 3.45. The fraction of sp³-hybridized carbons (Fsp3) is 0.562. The van der Waals surface area contributed by atoms with Crippen LogP contribution >= 0.6 is 0 Å². The van der Waals surface area contributed by atoms with Crippen LogP contribution in [0.1, 0.15) is 22.0 Å². The van der Waals surface area contributed by atoms with Gasteiger partial charge >= 0.3 is 23.9 Å². The van der Waals surface area contributed by atoms with E-state index in [2.05, 4.69) is 14.6 Å². The van der Waals surface area contributed by atoms with E-state index in [1.807, 2.05) is 0 Å². The van der Waals surface area contributed by atoms with Gasteiger partial charge in [0.1, 0.15) is 12.2 Å². The summed E-state index contributed by atoms with van der Waals surface area (Å²) >= 11 is 0. The zero-order chi connectivity index (χ0) is 21.3. The number of carbonyl (C=O) groups is 4. The third-order valence-electron chi connectivity index (χ3n) is 4.74. The lowest BCUT2D eigenvalue weighted by Crippen LogP contribution is -2.42. The molecule has 0 radical (unpaired) electrons. The SMILES string of the molecule is COC(=O)c1nocc1[C@H]1[C@H]2[C@H](C(=O)OC)[C@H](C(=O)OC)ON2O[C@@H]1C(=O)OC. The molecule has 0 amide bonds. The molecule has 2 fully saturated rings. The molecule has 0 aliphatic carbocycles. The van der Waals surface area contributed by atoms with Crippen LogP contribution < -0.4 is 0 Å². The van der Waals surface area contributed by atoms with Crippen molar-refractivity contribution in [2.45, 2.75) is 24.2 Å². The van der Waals surface area contributed by atoms with Gasteiger partial charge in [-0.1, -0.05) is 10.4 Å². The Kier molecular flexibility index (Phi) is 5.81. The summed E-state index contributed by atoms with van der Waals surface area (Å²) in [6.45, 7) is 0. The van der Waals surface area contributed by atoms with E-state index in [1.54, 1.807) is 0 Å². The van der Waals surface area contributed by atoms with E-state index in [9.17, 15) is 19.2 Å². The quantitative estimate of drug-likeness (QED) is 0.427. The minimum atomic E-state index is -1.40. The number of nitrogens with zero attached hydrogens (tertiary/aromatic N) is 2. The van der Waals surface area contributed by atoms with Gasteiger partial charge in [-0.25, -0.2) is 14.4 Å². The van der Waals surface area contributed by atoms with E-state index in [4.69, 9.17) is 23.7 Å².